The standard InChI is InChI=1S/C22H21N3O6S2/c1-24(33(28,29)21-7-4-12-32-21)15-8-10-16(11-9-15)30-14-20(26)25-13-19(22(23)27)31-18-6-3-2-5-17(18)25/h2-12,19H,13-14H2,1H3,(H2,23,27)/t19-/m0/s1. The van der Waals surface area contributed by atoms with Crippen LogP contribution in [0.25, 0.3) is 0 Å². The zero-order valence-electron chi connectivity index (χ0n) is 17.6. The van der Waals surface area contributed by atoms with Crippen LogP contribution < -0.4 is 24.4 Å². The highest BCUT2D eigenvalue weighted by Crippen LogP contribution is 2.33. The summed E-state index contributed by atoms with van der Waals surface area (Å²) in [4.78, 5) is 25.9. The Hall–Kier alpha value is -3.57. The maximum atomic E-state index is 12.8. The van der Waals surface area contributed by atoms with E-state index in [2.05, 4.69) is 0 Å². The molecule has 0 unspecified atom stereocenters. The normalized spacial score (nSPS) is 15.3. The van der Waals surface area contributed by atoms with Crippen molar-refractivity contribution in [2.75, 3.05) is 29.4 Å². The molecule has 0 saturated heterocycles. The predicted molar refractivity (Wildman–Crippen MR) is 124 cm³/mol. The van der Waals surface area contributed by atoms with Crippen molar-refractivity contribution in [3.8, 4) is 11.5 Å². The molecular formula is C22H21N3O6S2. The molecule has 1 aliphatic rings. The van der Waals surface area contributed by atoms with Crippen molar-refractivity contribution in [3.05, 3.63) is 66.0 Å². The molecule has 172 valence electrons. The Bertz CT molecular complexity index is 1260. The van der Waals surface area contributed by atoms with Gasteiger partial charge >= 0.3 is 0 Å². The van der Waals surface area contributed by atoms with Gasteiger partial charge in [-0.25, -0.2) is 8.42 Å². The van der Waals surface area contributed by atoms with Crippen LogP contribution in [0.1, 0.15) is 0 Å². The van der Waals surface area contributed by atoms with Crippen LogP contribution in [0.2, 0.25) is 0 Å². The second-order valence-electron chi connectivity index (χ2n) is 7.17. The van der Waals surface area contributed by atoms with Gasteiger partial charge in [0.05, 0.1) is 17.9 Å². The lowest BCUT2D eigenvalue weighted by molar-refractivity contribution is -0.125. The molecule has 3 aromatic rings. The molecule has 2 heterocycles. The molecule has 0 radical (unpaired) electrons. The van der Waals surface area contributed by atoms with Crippen LogP contribution in [0.4, 0.5) is 11.4 Å². The van der Waals surface area contributed by atoms with Crippen LogP contribution in [0.5, 0.6) is 11.5 Å². The summed E-state index contributed by atoms with van der Waals surface area (Å²) in [6.45, 7) is -0.304. The van der Waals surface area contributed by atoms with Crippen molar-refractivity contribution in [1.82, 2.24) is 0 Å². The number of nitrogens with zero attached hydrogens (tertiary/aromatic N) is 2. The van der Waals surface area contributed by atoms with E-state index in [0.29, 0.717) is 22.9 Å². The number of benzene rings is 2. The number of carbonyl (C=O) groups excluding carboxylic acids is 2. The predicted octanol–water partition coefficient (Wildman–Crippen LogP) is 2.23. The Balaban J connectivity index is 1.43. The number of ether oxygens (including phenoxy) is 2. The van der Waals surface area contributed by atoms with Crippen LogP contribution in [0, 0.1) is 0 Å². The van der Waals surface area contributed by atoms with Crippen molar-refractivity contribution in [2.24, 2.45) is 5.73 Å². The number of anilines is 2. The Morgan fingerprint density at radius 1 is 1.15 bits per heavy atom. The number of fused-ring (bicyclic) bond motifs is 1. The molecule has 0 aliphatic carbocycles. The van der Waals surface area contributed by atoms with Crippen molar-refractivity contribution in [1.29, 1.82) is 0 Å². The third-order valence-electron chi connectivity index (χ3n) is 5.06. The third kappa shape index (κ3) is 4.64. The highest BCUT2D eigenvalue weighted by molar-refractivity contribution is 7.94. The molecule has 2 amide bonds. The van der Waals surface area contributed by atoms with Gasteiger partial charge in [-0.15, -0.1) is 11.3 Å². The number of thiophene rings is 1. The minimum Gasteiger partial charge on any atom is -0.484 e. The monoisotopic (exact) mass is 487 g/mol. The number of nitrogens with two attached hydrogens (primary N) is 1. The van der Waals surface area contributed by atoms with Crippen LogP contribution >= 0.6 is 11.3 Å². The summed E-state index contributed by atoms with van der Waals surface area (Å²) in [6, 6.07) is 16.4. The van der Waals surface area contributed by atoms with Crippen molar-refractivity contribution >= 4 is 44.5 Å². The minimum absolute atomic E-state index is 0.0150. The zero-order chi connectivity index (χ0) is 23.6. The fourth-order valence-corrected chi connectivity index (χ4v) is 5.63. The van der Waals surface area contributed by atoms with Gasteiger partial charge in [-0.2, -0.15) is 0 Å². The van der Waals surface area contributed by atoms with Crippen LogP contribution in [0.3, 0.4) is 0 Å². The molecule has 4 rings (SSSR count). The smallest absolute Gasteiger partial charge is 0.273 e. The first-order chi connectivity index (χ1) is 15.8. The molecule has 0 saturated carbocycles. The Morgan fingerprint density at radius 2 is 1.88 bits per heavy atom. The highest BCUT2D eigenvalue weighted by Gasteiger charge is 2.32. The second-order valence-corrected chi connectivity index (χ2v) is 10.3. The van der Waals surface area contributed by atoms with Crippen LogP contribution in [0.15, 0.2) is 70.3 Å². The van der Waals surface area contributed by atoms with E-state index >= 15 is 0 Å². The van der Waals surface area contributed by atoms with Gasteiger partial charge in [-0.05, 0) is 47.8 Å². The maximum absolute atomic E-state index is 12.8. The molecule has 0 fully saturated rings. The fourth-order valence-electron chi connectivity index (χ4n) is 3.28. The summed E-state index contributed by atoms with van der Waals surface area (Å²) >= 11 is 1.14. The summed E-state index contributed by atoms with van der Waals surface area (Å²) < 4.78 is 37.9. The Morgan fingerprint density at radius 3 is 2.55 bits per heavy atom. The Kier molecular flexibility index (Phi) is 6.25. The first-order valence-corrected chi connectivity index (χ1v) is 12.2. The summed E-state index contributed by atoms with van der Waals surface area (Å²) in [7, 11) is -2.17. The van der Waals surface area contributed by atoms with Gasteiger partial charge in [0, 0.05) is 7.05 Å². The van der Waals surface area contributed by atoms with E-state index in [-0.39, 0.29) is 23.3 Å². The average Bonchev–Trinajstić information content (AvgIpc) is 3.37. The van der Waals surface area contributed by atoms with Gasteiger partial charge in [0.15, 0.2) is 12.7 Å². The molecule has 0 spiro atoms. The third-order valence-corrected chi connectivity index (χ3v) is 8.22. The second kappa shape index (κ2) is 9.12. The summed E-state index contributed by atoms with van der Waals surface area (Å²) in [5.41, 5.74) is 6.35. The van der Waals surface area contributed by atoms with Gasteiger partial charge in [-0.3, -0.25) is 13.9 Å². The largest absolute Gasteiger partial charge is 0.484 e. The minimum atomic E-state index is -3.64. The zero-order valence-corrected chi connectivity index (χ0v) is 19.2. The molecule has 1 aromatic heterocycles. The molecule has 11 heteroatoms. The quantitative estimate of drug-likeness (QED) is 0.546. The maximum Gasteiger partial charge on any atom is 0.273 e. The number of para-hydroxylation sites is 2. The van der Waals surface area contributed by atoms with Gasteiger partial charge in [0.25, 0.3) is 21.8 Å². The van der Waals surface area contributed by atoms with Crippen LogP contribution in [-0.4, -0.2) is 46.5 Å². The highest BCUT2D eigenvalue weighted by atomic mass is 32.2. The number of sulfonamides is 1. The molecule has 2 aromatic carbocycles. The van der Waals surface area contributed by atoms with E-state index in [1.165, 1.54) is 16.3 Å². The number of primary amides is 1. The van der Waals surface area contributed by atoms with E-state index in [4.69, 9.17) is 15.2 Å². The lowest BCUT2D eigenvalue weighted by Gasteiger charge is -2.33. The van der Waals surface area contributed by atoms with Crippen molar-refractivity contribution in [3.63, 3.8) is 0 Å². The molecule has 2 N–H and O–H groups in total. The van der Waals surface area contributed by atoms with Gasteiger partial charge < -0.3 is 20.1 Å². The fraction of sp³-hybridized carbons (Fsp3) is 0.182. The first-order valence-electron chi connectivity index (χ1n) is 9.88. The number of hydrogen-bond acceptors (Lipinski definition) is 7. The molecule has 33 heavy (non-hydrogen) atoms. The number of amides is 2. The van der Waals surface area contributed by atoms with E-state index in [9.17, 15) is 18.0 Å². The topological polar surface area (TPSA) is 119 Å². The van der Waals surface area contributed by atoms with E-state index in [1.807, 2.05) is 0 Å². The van der Waals surface area contributed by atoms with Gasteiger partial charge in [0.2, 0.25) is 0 Å². The summed E-state index contributed by atoms with van der Waals surface area (Å²) in [6.07, 6.45) is -0.955. The van der Waals surface area contributed by atoms with E-state index in [1.54, 1.807) is 66.0 Å². The lowest BCUT2D eigenvalue weighted by atomic mass is 10.2. The summed E-state index contributed by atoms with van der Waals surface area (Å²) in [5, 5.41) is 1.70. The SMILES string of the molecule is CN(c1ccc(OCC(=O)N2C[C@@H](C(N)=O)Oc3ccccc32)cc1)S(=O)(=O)c1cccs1. The molecule has 9 nitrogen and oxygen atoms in total. The van der Waals surface area contributed by atoms with Crippen LogP contribution in [-0.2, 0) is 19.6 Å². The van der Waals surface area contributed by atoms with E-state index in [0.717, 1.165) is 11.3 Å². The number of rotatable bonds is 7. The average molecular weight is 488 g/mol. The van der Waals surface area contributed by atoms with Gasteiger partial charge in [-0.1, -0.05) is 18.2 Å². The molecule has 0 bridgehead atoms. The summed E-state index contributed by atoms with van der Waals surface area (Å²) in [5.74, 6) is -0.263. The number of carbonyl (C=O) groups is 2. The lowest BCUT2D eigenvalue weighted by Crippen LogP contribution is -2.50. The molecule has 1 atom stereocenters. The Labute approximate surface area is 195 Å². The first kappa shape index (κ1) is 22.6. The molecule has 1 aliphatic heterocycles. The van der Waals surface area contributed by atoms with E-state index < -0.39 is 22.0 Å². The van der Waals surface area contributed by atoms with Crippen molar-refractivity contribution < 1.29 is 27.5 Å². The molecular weight excluding hydrogens is 466 g/mol. The number of hydrogen-bond donors (Lipinski definition) is 1. The van der Waals surface area contributed by atoms with Gasteiger partial charge in [0.1, 0.15) is 15.7 Å². The van der Waals surface area contributed by atoms with Crippen molar-refractivity contribution in [2.45, 2.75) is 10.3 Å².